The summed E-state index contributed by atoms with van der Waals surface area (Å²) in [5.41, 5.74) is 0.180. The van der Waals surface area contributed by atoms with Gasteiger partial charge in [0.1, 0.15) is 0 Å². The van der Waals surface area contributed by atoms with Gasteiger partial charge in [-0.3, -0.25) is 4.68 Å². The highest BCUT2D eigenvalue weighted by Crippen LogP contribution is 2.12. The fraction of sp³-hybridized carbons (Fsp3) is 0.750. The monoisotopic (exact) mass is 209 g/mol. The van der Waals surface area contributed by atoms with Crippen LogP contribution in [0.2, 0.25) is 0 Å². The molecule has 0 aliphatic rings. The Bertz CT molecular complexity index is 259. The molecule has 1 N–H and O–H groups in total. The van der Waals surface area contributed by atoms with Gasteiger partial charge < -0.3 is 5.32 Å². The first-order valence-electron chi connectivity index (χ1n) is 5.77. The van der Waals surface area contributed by atoms with Crippen molar-refractivity contribution in [2.75, 3.05) is 6.54 Å². The first kappa shape index (κ1) is 12.2. The van der Waals surface area contributed by atoms with Crippen LogP contribution in [0.1, 0.15) is 46.6 Å². The zero-order valence-electron chi connectivity index (χ0n) is 10.3. The van der Waals surface area contributed by atoms with Gasteiger partial charge in [0.15, 0.2) is 0 Å². The number of nitrogens with one attached hydrogen (secondary N) is 1. The van der Waals surface area contributed by atoms with E-state index in [-0.39, 0.29) is 5.54 Å². The van der Waals surface area contributed by atoms with E-state index >= 15 is 0 Å². The fourth-order valence-electron chi connectivity index (χ4n) is 1.58. The van der Waals surface area contributed by atoms with E-state index in [4.69, 9.17) is 0 Å². The highest BCUT2D eigenvalue weighted by Gasteiger charge is 2.14. The van der Waals surface area contributed by atoms with E-state index in [1.807, 2.05) is 18.5 Å². The minimum atomic E-state index is 0.180. The summed E-state index contributed by atoms with van der Waals surface area (Å²) in [4.78, 5) is 0. The lowest BCUT2D eigenvalue weighted by Gasteiger charge is -2.25. The Hall–Kier alpha value is -0.830. The number of hydrogen-bond acceptors (Lipinski definition) is 2. The van der Waals surface area contributed by atoms with Gasteiger partial charge in [-0.25, -0.2) is 0 Å². The predicted molar refractivity (Wildman–Crippen MR) is 63.9 cm³/mol. The van der Waals surface area contributed by atoms with Gasteiger partial charge in [0.2, 0.25) is 0 Å². The molecule has 0 amide bonds. The lowest BCUT2D eigenvalue weighted by Crippen LogP contribution is -2.39. The van der Waals surface area contributed by atoms with Crippen LogP contribution in [-0.4, -0.2) is 21.9 Å². The standard InChI is InChI=1S/C12H23N3/c1-5-7-11(10-13-12(2,3)4)15-9-6-8-14-15/h6,8-9,11,13H,5,7,10H2,1-4H3. The summed E-state index contributed by atoms with van der Waals surface area (Å²) in [5, 5.41) is 7.85. The molecule has 0 bridgehead atoms. The topological polar surface area (TPSA) is 29.9 Å². The summed E-state index contributed by atoms with van der Waals surface area (Å²) in [6.07, 6.45) is 6.26. The highest BCUT2D eigenvalue weighted by atomic mass is 15.3. The zero-order valence-corrected chi connectivity index (χ0v) is 10.3. The highest BCUT2D eigenvalue weighted by molar-refractivity contribution is 4.83. The van der Waals surface area contributed by atoms with E-state index in [0.29, 0.717) is 6.04 Å². The third kappa shape index (κ3) is 4.47. The molecule has 15 heavy (non-hydrogen) atoms. The molecule has 0 aliphatic heterocycles. The maximum Gasteiger partial charge on any atom is 0.0643 e. The fourth-order valence-corrected chi connectivity index (χ4v) is 1.58. The Labute approximate surface area is 92.9 Å². The molecule has 3 nitrogen and oxygen atoms in total. The Morgan fingerprint density at radius 2 is 2.13 bits per heavy atom. The van der Waals surface area contributed by atoms with Crippen molar-refractivity contribution >= 4 is 0 Å². The van der Waals surface area contributed by atoms with Crippen LogP contribution in [0.4, 0.5) is 0 Å². The van der Waals surface area contributed by atoms with Gasteiger partial charge in [-0.2, -0.15) is 5.10 Å². The van der Waals surface area contributed by atoms with Crippen LogP contribution in [0, 0.1) is 0 Å². The molecule has 0 saturated carbocycles. The Balaban J connectivity index is 2.52. The predicted octanol–water partition coefficient (Wildman–Crippen LogP) is 2.61. The second kappa shape index (κ2) is 5.31. The van der Waals surface area contributed by atoms with E-state index < -0.39 is 0 Å². The summed E-state index contributed by atoms with van der Waals surface area (Å²) < 4.78 is 2.06. The van der Waals surface area contributed by atoms with E-state index in [1.165, 1.54) is 12.8 Å². The number of rotatable bonds is 5. The molecule has 0 aromatic carbocycles. The molecule has 0 saturated heterocycles. The second-order valence-corrected chi connectivity index (χ2v) is 5.06. The summed E-state index contributed by atoms with van der Waals surface area (Å²) >= 11 is 0. The lowest BCUT2D eigenvalue weighted by atomic mass is 10.1. The van der Waals surface area contributed by atoms with Gasteiger partial charge >= 0.3 is 0 Å². The number of hydrogen-bond donors (Lipinski definition) is 1. The van der Waals surface area contributed by atoms with Crippen molar-refractivity contribution in [3.05, 3.63) is 18.5 Å². The van der Waals surface area contributed by atoms with Gasteiger partial charge in [-0.1, -0.05) is 13.3 Å². The van der Waals surface area contributed by atoms with Crippen molar-refractivity contribution in [1.82, 2.24) is 15.1 Å². The molecule has 1 aromatic heterocycles. The Kier molecular flexibility index (Phi) is 4.33. The van der Waals surface area contributed by atoms with Gasteiger partial charge in [0.25, 0.3) is 0 Å². The van der Waals surface area contributed by atoms with Crippen LogP contribution >= 0.6 is 0 Å². The molecular formula is C12H23N3. The molecule has 1 aromatic rings. The minimum absolute atomic E-state index is 0.180. The molecule has 0 spiro atoms. The minimum Gasteiger partial charge on any atom is -0.310 e. The van der Waals surface area contributed by atoms with E-state index in [0.717, 1.165) is 6.54 Å². The van der Waals surface area contributed by atoms with Crippen LogP contribution < -0.4 is 5.32 Å². The maximum atomic E-state index is 4.31. The molecule has 0 radical (unpaired) electrons. The second-order valence-electron chi connectivity index (χ2n) is 5.06. The van der Waals surface area contributed by atoms with Crippen molar-refractivity contribution in [2.24, 2.45) is 0 Å². The van der Waals surface area contributed by atoms with Crippen molar-refractivity contribution in [3.8, 4) is 0 Å². The van der Waals surface area contributed by atoms with Crippen molar-refractivity contribution in [1.29, 1.82) is 0 Å². The van der Waals surface area contributed by atoms with E-state index in [2.05, 4.69) is 42.8 Å². The molecule has 1 unspecified atom stereocenters. The third-order valence-corrected chi connectivity index (χ3v) is 2.39. The van der Waals surface area contributed by atoms with Crippen LogP contribution in [-0.2, 0) is 0 Å². The van der Waals surface area contributed by atoms with Crippen LogP contribution in [0.25, 0.3) is 0 Å². The normalized spacial score (nSPS) is 14.1. The van der Waals surface area contributed by atoms with Gasteiger partial charge in [0, 0.05) is 24.5 Å². The lowest BCUT2D eigenvalue weighted by molar-refractivity contribution is 0.336. The molecule has 1 rings (SSSR count). The van der Waals surface area contributed by atoms with Gasteiger partial charge in [-0.15, -0.1) is 0 Å². The summed E-state index contributed by atoms with van der Waals surface area (Å²) in [6, 6.07) is 2.46. The van der Waals surface area contributed by atoms with E-state index in [9.17, 15) is 0 Å². The largest absolute Gasteiger partial charge is 0.310 e. The summed E-state index contributed by atoms with van der Waals surface area (Å²) in [6.45, 7) is 9.78. The molecule has 1 heterocycles. The van der Waals surface area contributed by atoms with Crippen molar-refractivity contribution < 1.29 is 0 Å². The summed E-state index contributed by atoms with van der Waals surface area (Å²) in [7, 11) is 0. The van der Waals surface area contributed by atoms with Crippen molar-refractivity contribution in [3.63, 3.8) is 0 Å². The Morgan fingerprint density at radius 1 is 1.40 bits per heavy atom. The first-order chi connectivity index (χ1) is 7.03. The van der Waals surface area contributed by atoms with Crippen LogP contribution in [0.3, 0.4) is 0 Å². The third-order valence-electron chi connectivity index (χ3n) is 2.39. The molecule has 0 aliphatic carbocycles. The molecule has 1 atom stereocenters. The first-order valence-corrected chi connectivity index (χ1v) is 5.77. The molecular weight excluding hydrogens is 186 g/mol. The molecule has 86 valence electrons. The van der Waals surface area contributed by atoms with Crippen LogP contribution in [0.5, 0.6) is 0 Å². The average Bonchev–Trinajstić information content (AvgIpc) is 2.63. The van der Waals surface area contributed by atoms with E-state index in [1.54, 1.807) is 0 Å². The SMILES string of the molecule is CCCC(CNC(C)(C)C)n1cccn1. The average molecular weight is 209 g/mol. The van der Waals surface area contributed by atoms with Gasteiger partial charge in [-0.05, 0) is 33.3 Å². The molecule has 0 fully saturated rings. The number of aromatic nitrogens is 2. The quantitative estimate of drug-likeness (QED) is 0.808. The summed E-state index contributed by atoms with van der Waals surface area (Å²) in [5.74, 6) is 0. The van der Waals surface area contributed by atoms with Crippen LogP contribution in [0.15, 0.2) is 18.5 Å². The number of nitrogens with zero attached hydrogens (tertiary/aromatic N) is 2. The molecule has 3 heteroatoms. The Morgan fingerprint density at radius 3 is 2.60 bits per heavy atom. The van der Waals surface area contributed by atoms with Gasteiger partial charge in [0.05, 0.1) is 6.04 Å². The maximum absolute atomic E-state index is 4.31. The smallest absolute Gasteiger partial charge is 0.0643 e. The van der Waals surface area contributed by atoms with Crippen molar-refractivity contribution in [2.45, 2.75) is 52.1 Å². The zero-order chi connectivity index (χ0) is 11.3.